The zero-order valence-electron chi connectivity index (χ0n) is 9.97. The van der Waals surface area contributed by atoms with Crippen molar-refractivity contribution in [2.45, 2.75) is 12.5 Å². The van der Waals surface area contributed by atoms with Crippen molar-refractivity contribution in [2.75, 3.05) is 6.54 Å². The van der Waals surface area contributed by atoms with Gasteiger partial charge in [-0.2, -0.15) is 0 Å². The molecule has 3 rings (SSSR count). The molecule has 0 radical (unpaired) electrons. The lowest BCUT2D eigenvalue weighted by Gasteiger charge is -2.11. The highest BCUT2D eigenvalue weighted by Gasteiger charge is 2.25. The molecule has 0 spiro atoms. The Balaban J connectivity index is 2.11. The first kappa shape index (κ1) is 11.1. The van der Waals surface area contributed by atoms with Gasteiger partial charge in [0.1, 0.15) is 17.6 Å². The molecular formula is C15H15NO2. The van der Waals surface area contributed by atoms with Gasteiger partial charge in [0.25, 0.3) is 0 Å². The highest BCUT2D eigenvalue weighted by Crippen LogP contribution is 2.41. The van der Waals surface area contributed by atoms with Crippen molar-refractivity contribution in [3.63, 3.8) is 0 Å². The van der Waals surface area contributed by atoms with Crippen LogP contribution >= 0.6 is 0 Å². The lowest BCUT2D eigenvalue weighted by molar-refractivity contribution is 0.242. The first-order chi connectivity index (χ1) is 8.79. The summed E-state index contributed by atoms with van der Waals surface area (Å²) < 4.78 is 5.86. The number of para-hydroxylation sites is 2. The third-order valence-electron chi connectivity index (χ3n) is 3.29. The lowest BCUT2D eigenvalue weighted by Crippen LogP contribution is -2.24. The minimum absolute atomic E-state index is 0.0482. The molecule has 0 saturated carbocycles. The quantitative estimate of drug-likeness (QED) is 0.848. The molecule has 3 N–H and O–H groups in total. The highest BCUT2D eigenvalue weighted by atomic mass is 16.5. The van der Waals surface area contributed by atoms with Gasteiger partial charge in [-0.3, -0.25) is 0 Å². The van der Waals surface area contributed by atoms with Crippen molar-refractivity contribution in [1.29, 1.82) is 0 Å². The van der Waals surface area contributed by atoms with E-state index < -0.39 is 0 Å². The summed E-state index contributed by atoms with van der Waals surface area (Å²) in [5, 5.41) is 9.94. The van der Waals surface area contributed by atoms with E-state index in [2.05, 4.69) is 6.07 Å². The average Bonchev–Trinajstić information content (AvgIpc) is 2.82. The van der Waals surface area contributed by atoms with Crippen LogP contribution in [0.25, 0.3) is 11.1 Å². The molecule has 0 aliphatic carbocycles. The van der Waals surface area contributed by atoms with Gasteiger partial charge in [0.2, 0.25) is 0 Å². The van der Waals surface area contributed by atoms with Gasteiger partial charge >= 0.3 is 0 Å². The molecular weight excluding hydrogens is 226 g/mol. The van der Waals surface area contributed by atoms with Crippen molar-refractivity contribution in [1.82, 2.24) is 0 Å². The summed E-state index contributed by atoms with van der Waals surface area (Å²) >= 11 is 0. The molecule has 0 fully saturated rings. The van der Waals surface area contributed by atoms with Crippen LogP contribution in [0.1, 0.15) is 5.56 Å². The number of hydrogen-bond acceptors (Lipinski definition) is 3. The van der Waals surface area contributed by atoms with Crippen LogP contribution < -0.4 is 10.5 Å². The Morgan fingerprint density at radius 2 is 1.89 bits per heavy atom. The van der Waals surface area contributed by atoms with Crippen molar-refractivity contribution >= 4 is 0 Å². The van der Waals surface area contributed by atoms with Crippen molar-refractivity contribution in [3.8, 4) is 22.6 Å². The normalized spacial score (nSPS) is 17.3. The highest BCUT2D eigenvalue weighted by molar-refractivity contribution is 5.77. The van der Waals surface area contributed by atoms with Crippen LogP contribution in [0.15, 0.2) is 42.5 Å². The number of benzene rings is 2. The summed E-state index contributed by atoms with van der Waals surface area (Å²) in [5.74, 6) is 1.13. The molecule has 2 aromatic carbocycles. The summed E-state index contributed by atoms with van der Waals surface area (Å²) in [4.78, 5) is 0. The van der Waals surface area contributed by atoms with E-state index in [9.17, 15) is 5.11 Å². The van der Waals surface area contributed by atoms with Crippen molar-refractivity contribution < 1.29 is 9.84 Å². The molecule has 1 aliphatic rings. The zero-order chi connectivity index (χ0) is 12.5. The zero-order valence-corrected chi connectivity index (χ0v) is 9.97. The third-order valence-corrected chi connectivity index (χ3v) is 3.29. The molecule has 0 amide bonds. The maximum Gasteiger partial charge on any atom is 0.131 e. The number of aromatic hydroxyl groups is 1. The number of fused-ring (bicyclic) bond motifs is 1. The van der Waals surface area contributed by atoms with Gasteiger partial charge in [-0.1, -0.05) is 36.4 Å². The molecule has 0 saturated heterocycles. The molecule has 2 aromatic rings. The van der Waals surface area contributed by atoms with E-state index in [1.165, 1.54) is 0 Å². The van der Waals surface area contributed by atoms with E-state index in [-0.39, 0.29) is 11.9 Å². The Hall–Kier alpha value is -2.00. The summed E-state index contributed by atoms with van der Waals surface area (Å²) in [6, 6.07) is 13.3. The minimum atomic E-state index is 0.0482. The van der Waals surface area contributed by atoms with Crippen LogP contribution in [-0.4, -0.2) is 17.8 Å². The number of phenolic OH excluding ortho intramolecular Hbond substituents is 1. The topological polar surface area (TPSA) is 55.5 Å². The monoisotopic (exact) mass is 241 g/mol. The first-order valence-electron chi connectivity index (χ1n) is 6.06. The summed E-state index contributed by atoms with van der Waals surface area (Å²) in [5.41, 5.74) is 8.55. The Kier molecular flexibility index (Phi) is 2.68. The van der Waals surface area contributed by atoms with E-state index in [1.807, 2.05) is 30.3 Å². The SMILES string of the molecule is NCC1Cc2cccc(-c3ccccc3O)c2O1. The minimum Gasteiger partial charge on any atom is -0.507 e. The molecule has 1 heterocycles. The van der Waals surface area contributed by atoms with Gasteiger partial charge in [0, 0.05) is 24.1 Å². The number of ether oxygens (including phenoxy) is 1. The fourth-order valence-electron chi connectivity index (χ4n) is 2.38. The second-order valence-electron chi connectivity index (χ2n) is 4.49. The summed E-state index contributed by atoms with van der Waals surface area (Å²) in [6.45, 7) is 0.509. The Bertz CT molecular complexity index is 580. The van der Waals surface area contributed by atoms with Gasteiger partial charge in [0.15, 0.2) is 0 Å². The Morgan fingerprint density at radius 3 is 2.67 bits per heavy atom. The fraction of sp³-hybridized carbons (Fsp3) is 0.200. The molecule has 1 atom stereocenters. The molecule has 0 aromatic heterocycles. The largest absolute Gasteiger partial charge is 0.507 e. The molecule has 18 heavy (non-hydrogen) atoms. The molecule has 3 nitrogen and oxygen atoms in total. The molecule has 3 heteroatoms. The van der Waals surface area contributed by atoms with E-state index in [0.717, 1.165) is 28.9 Å². The molecule has 1 unspecified atom stereocenters. The van der Waals surface area contributed by atoms with E-state index in [4.69, 9.17) is 10.5 Å². The second-order valence-corrected chi connectivity index (χ2v) is 4.49. The number of hydrogen-bond donors (Lipinski definition) is 2. The number of rotatable bonds is 2. The van der Waals surface area contributed by atoms with Crippen LogP contribution in [0, 0.1) is 0 Å². The summed E-state index contributed by atoms with van der Waals surface area (Å²) in [6.07, 6.45) is 0.889. The van der Waals surface area contributed by atoms with Crippen LogP contribution in [0.4, 0.5) is 0 Å². The van der Waals surface area contributed by atoms with Crippen LogP contribution in [0.3, 0.4) is 0 Å². The standard InChI is InChI=1S/C15H15NO2/c16-9-11-8-10-4-3-6-13(15(10)18-11)12-5-1-2-7-14(12)17/h1-7,11,17H,8-9,16H2. The van der Waals surface area contributed by atoms with E-state index in [0.29, 0.717) is 6.54 Å². The average molecular weight is 241 g/mol. The smallest absolute Gasteiger partial charge is 0.131 e. The Morgan fingerprint density at radius 1 is 1.11 bits per heavy atom. The lowest BCUT2D eigenvalue weighted by atomic mass is 10.00. The molecule has 92 valence electrons. The van der Waals surface area contributed by atoms with Gasteiger partial charge < -0.3 is 15.6 Å². The van der Waals surface area contributed by atoms with Gasteiger partial charge in [-0.15, -0.1) is 0 Å². The van der Waals surface area contributed by atoms with E-state index >= 15 is 0 Å². The van der Waals surface area contributed by atoms with Crippen LogP contribution in [0.2, 0.25) is 0 Å². The van der Waals surface area contributed by atoms with Crippen molar-refractivity contribution in [2.24, 2.45) is 5.73 Å². The number of nitrogens with two attached hydrogens (primary N) is 1. The molecule has 0 bridgehead atoms. The van der Waals surface area contributed by atoms with Gasteiger partial charge in [-0.25, -0.2) is 0 Å². The predicted octanol–water partition coefficient (Wildman–Crippen LogP) is 2.32. The van der Waals surface area contributed by atoms with Crippen LogP contribution in [0.5, 0.6) is 11.5 Å². The maximum atomic E-state index is 9.94. The van der Waals surface area contributed by atoms with Gasteiger partial charge in [-0.05, 0) is 11.6 Å². The second kappa shape index (κ2) is 4.35. The van der Waals surface area contributed by atoms with Crippen molar-refractivity contribution in [3.05, 3.63) is 48.0 Å². The predicted molar refractivity (Wildman–Crippen MR) is 70.7 cm³/mol. The molecule has 1 aliphatic heterocycles. The van der Waals surface area contributed by atoms with Crippen LogP contribution in [-0.2, 0) is 6.42 Å². The summed E-state index contributed by atoms with van der Waals surface area (Å²) in [7, 11) is 0. The Labute approximate surface area is 106 Å². The number of phenols is 1. The maximum absolute atomic E-state index is 9.94. The third kappa shape index (κ3) is 1.73. The van der Waals surface area contributed by atoms with Gasteiger partial charge in [0.05, 0.1) is 0 Å². The van der Waals surface area contributed by atoms with E-state index in [1.54, 1.807) is 6.07 Å². The first-order valence-corrected chi connectivity index (χ1v) is 6.06. The fourth-order valence-corrected chi connectivity index (χ4v) is 2.38.